The van der Waals surface area contributed by atoms with Gasteiger partial charge in [0, 0.05) is 7.11 Å². The summed E-state index contributed by atoms with van der Waals surface area (Å²) in [5.41, 5.74) is 0.745. The molecule has 8 nitrogen and oxygen atoms in total. The summed E-state index contributed by atoms with van der Waals surface area (Å²) < 4.78 is 14.1. The van der Waals surface area contributed by atoms with Gasteiger partial charge in [0.1, 0.15) is 6.61 Å². The topological polar surface area (TPSA) is 91.4 Å². The lowest BCUT2D eigenvalue weighted by molar-refractivity contribution is -0.193. The number of hydrogen-bond acceptors (Lipinski definition) is 7. The first-order chi connectivity index (χ1) is 10.1. The van der Waals surface area contributed by atoms with Crippen LogP contribution < -0.4 is 0 Å². The number of amides is 2. The maximum atomic E-state index is 11.8. The number of hydrogen-bond donors (Lipinski definition) is 0. The normalized spacial score (nSPS) is 17.8. The zero-order valence-electron chi connectivity index (χ0n) is 11.2. The Morgan fingerprint density at radius 1 is 1.29 bits per heavy atom. The molecule has 2 rings (SSSR count). The summed E-state index contributed by atoms with van der Waals surface area (Å²) in [6.45, 7) is -0.355. The van der Waals surface area contributed by atoms with Crippen LogP contribution in [0, 0.1) is 0 Å². The molecule has 0 aromatic heterocycles. The first-order valence-electron chi connectivity index (χ1n) is 6.00. The Kier molecular flexibility index (Phi) is 4.85. The molecule has 0 radical (unpaired) electrons. The molecule has 2 amide bonds. The van der Waals surface area contributed by atoms with Gasteiger partial charge in [0.05, 0.1) is 0 Å². The molecule has 1 aromatic carbocycles. The van der Waals surface area contributed by atoms with Crippen LogP contribution in [0.4, 0.5) is 4.79 Å². The van der Waals surface area contributed by atoms with Gasteiger partial charge in [0.2, 0.25) is 0 Å². The number of imide groups is 1. The number of carbonyl (C=O) groups is 3. The van der Waals surface area contributed by atoms with Crippen molar-refractivity contribution in [1.82, 2.24) is 5.06 Å². The van der Waals surface area contributed by atoms with E-state index in [-0.39, 0.29) is 13.4 Å². The molecule has 1 aliphatic rings. The summed E-state index contributed by atoms with van der Waals surface area (Å²) in [5, 5.41) is 0.331. The van der Waals surface area contributed by atoms with E-state index in [2.05, 4.69) is 9.47 Å². The molecule has 0 bridgehead atoms. The highest BCUT2D eigenvalue weighted by Crippen LogP contribution is 2.15. The van der Waals surface area contributed by atoms with Crippen molar-refractivity contribution in [2.45, 2.75) is 12.7 Å². The zero-order valence-corrected chi connectivity index (χ0v) is 11.2. The second kappa shape index (κ2) is 6.82. The molecular formula is C13H13NO7. The van der Waals surface area contributed by atoms with Crippen LogP contribution in [0.2, 0.25) is 0 Å². The fraction of sp³-hybridized carbons (Fsp3) is 0.308. The van der Waals surface area contributed by atoms with E-state index in [9.17, 15) is 14.4 Å². The van der Waals surface area contributed by atoms with E-state index in [0.29, 0.717) is 5.06 Å². The number of hydroxylamine groups is 2. The molecule has 112 valence electrons. The quantitative estimate of drug-likeness (QED) is 0.431. The third-order valence-electron chi connectivity index (χ3n) is 2.55. The van der Waals surface area contributed by atoms with E-state index in [1.807, 2.05) is 6.07 Å². The number of methoxy groups -OCH3 is 1. The Hall–Kier alpha value is -2.45. The molecule has 1 atom stereocenters. The highest BCUT2D eigenvalue weighted by molar-refractivity contribution is 6.10. The molecule has 1 aromatic rings. The van der Waals surface area contributed by atoms with Gasteiger partial charge in [0.25, 0.3) is 6.10 Å². The number of cyclic esters (lactones) is 1. The molecule has 1 heterocycles. The summed E-state index contributed by atoms with van der Waals surface area (Å²) >= 11 is 0. The fourth-order valence-electron chi connectivity index (χ4n) is 1.57. The first-order valence-corrected chi connectivity index (χ1v) is 6.00. The smallest absolute Gasteiger partial charge is 0.443 e. The van der Waals surface area contributed by atoms with Crippen molar-refractivity contribution in [3.05, 3.63) is 35.9 Å². The number of nitrogens with zero attached hydrogens (tertiary/aromatic N) is 1. The lowest BCUT2D eigenvalue weighted by Crippen LogP contribution is -2.36. The van der Waals surface area contributed by atoms with Gasteiger partial charge in [-0.05, 0) is 5.56 Å². The van der Waals surface area contributed by atoms with Gasteiger partial charge in [0.15, 0.2) is 6.79 Å². The summed E-state index contributed by atoms with van der Waals surface area (Å²) in [6, 6.07) is 8.89. The molecule has 21 heavy (non-hydrogen) atoms. The summed E-state index contributed by atoms with van der Waals surface area (Å²) in [7, 11) is 1.32. The molecule has 1 saturated heterocycles. The Balaban J connectivity index is 1.91. The van der Waals surface area contributed by atoms with Crippen LogP contribution in [0.3, 0.4) is 0 Å². The van der Waals surface area contributed by atoms with Gasteiger partial charge in [-0.25, -0.2) is 14.4 Å². The molecule has 8 heteroatoms. The predicted octanol–water partition coefficient (Wildman–Crippen LogP) is 0.613. The lowest BCUT2D eigenvalue weighted by Gasteiger charge is -2.09. The average Bonchev–Trinajstić information content (AvgIpc) is 2.79. The molecular weight excluding hydrogens is 282 g/mol. The lowest BCUT2D eigenvalue weighted by atomic mass is 10.2. The van der Waals surface area contributed by atoms with E-state index >= 15 is 0 Å². The van der Waals surface area contributed by atoms with Gasteiger partial charge in [-0.1, -0.05) is 30.3 Å². The van der Waals surface area contributed by atoms with Crippen LogP contribution in [0.5, 0.6) is 0 Å². The third-order valence-corrected chi connectivity index (χ3v) is 2.55. The molecule has 0 saturated carbocycles. The largest absolute Gasteiger partial charge is 0.458 e. The number of ether oxygens (including phenoxy) is 3. The van der Waals surface area contributed by atoms with Crippen LogP contribution in [0.25, 0.3) is 0 Å². The Labute approximate surface area is 120 Å². The molecule has 0 N–H and O–H groups in total. The van der Waals surface area contributed by atoms with Gasteiger partial charge >= 0.3 is 18.0 Å². The van der Waals surface area contributed by atoms with Crippen molar-refractivity contribution < 1.29 is 33.4 Å². The third kappa shape index (κ3) is 3.56. The van der Waals surface area contributed by atoms with Crippen LogP contribution in [0.1, 0.15) is 5.56 Å². The van der Waals surface area contributed by atoms with E-state index < -0.39 is 24.1 Å². The standard InChI is InChI=1S/C13H13NO7/c1-18-8-20-14-11(15)10(21-13(14)17)12(16)19-7-9-5-3-2-4-6-9/h2-6,10H,7-8H2,1H3. The Morgan fingerprint density at radius 2 is 2.00 bits per heavy atom. The fourth-order valence-corrected chi connectivity index (χ4v) is 1.57. The summed E-state index contributed by atoms with van der Waals surface area (Å²) in [5.74, 6) is -1.91. The second-order valence-corrected chi connectivity index (χ2v) is 4.03. The van der Waals surface area contributed by atoms with E-state index in [4.69, 9.17) is 9.57 Å². The average molecular weight is 295 g/mol. The van der Waals surface area contributed by atoms with E-state index in [1.165, 1.54) is 7.11 Å². The van der Waals surface area contributed by atoms with Crippen LogP contribution in [-0.4, -0.2) is 43.0 Å². The van der Waals surface area contributed by atoms with E-state index in [0.717, 1.165) is 5.56 Å². The highest BCUT2D eigenvalue weighted by Gasteiger charge is 2.47. The number of benzene rings is 1. The Bertz CT molecular complexity index is 531. The minimum Gasteiger partial charge on any atom is -0.458 e. The first kappa shape index (κ1) is 14.9. The van der Waals surface area contributed by atoms with Crippen LogP contribution in [0.15, 0.2) is 30.3 Å². The van der Waals surface area contributed by atoms with Crippen molar-refractivity contribution in [3.8, 4) is 0 Å². The molecule has 1 aliphatic heterocycles. The summed E-state index contributed by atoms with van der Waals surface area (Å²) in [4.78, 5) is 39.6. The van der Waals surface area contributed by atoms with Crippen LogP contribution >= 0.6 is 0 Å². The molecule has 0 aliphatic carbocycles. The molecule has 0 spiro atoms. The van der Waals surface area contributed by atoms with Gasteiger partial charge in [-0.2, -0.15) is 0 Å². The molecule has 1 unspecified atom stereocenters. The predicted molar refractivity (Wildman–Crippen MR) is 66.3 cm³/mol. The van der Waals surface area contributed by atoms with Crippen molar-refractivity contribution in [2.75, 3.05) is 13.9 Å². The van der Waals surface area contributed by atoms with Crippen molar-refractivity contribution in [2.24, 2.45) is 0 Å². The van der Waals surface area contributed by atoms with E-state index in [1.54, 1.807) is 24.3 Å². The second-order valence-electron chi connectivity index (χ2n) is 4.03. The monoisotopic (exact) mass is 295 g/mol. The van der Waals surface area contributed by atoms with Crippen molar-refractivity contribution in [3.63, 3.8) is 0 Å². The number of carbonyl (C=O) groups excluding carboxylic acids is 3. The number of esters is 1. The SMILES string of the molecule is COCON1C(=O)OC(C(=O)OCc2ccccc2)C1=O. The Morgan fingerprint density at radius 3 is 2.67 bits per heavy atom. The van der Waals surface area contributed by atoms with Crippen molar-refractivity contribution in [1.29, 1.82) is 0 Å². The van der Waals surface area contributed by atoms with Gasteiger partial charge < -0.3 is 14.2 Å². The highest BCUT2D eigenvalue weighted by atomic mass is 16.8. The molecule has 1 fully saturated rings. The minimum atomic E-state index is -1.65. The number of rotatable bonds is 6. The van der Waals surface area contributed by atoms with Gasteiger partial charge in [-0.15, -0.1) is 5.06 Å². The maximum absolute atomic E-state index is 11.8. The minimum absolute atomic E-state index is 0.0278. The van der Waals surface area contributed by atoms with Gasteiger partial charge in [-0.3, -0.25) is 4.79 Å². The van der Waals surface area contributed by atoms with Crippen LogP contribution in [-0.2, 0) is 35.2 Å². The zero-order chi connectivity index (χ0) is 15.2. The maximum Gasteiger partial charge on any atom is 0.443 e. The van der Waals surface area contributed by atoms with Crippen molar-refractivity contribution >= 4 is 18.0 Å². The summed E-state index contributed by atoms with van der Waals surface area (Å²) in [6.07, 6.45) is -2.74.